The van der Waals surface area contributed by atoms with Gasteiger partial charge in [0, 0.05) is 24.0 Å². The van der Waals surface area contributed by atoms with Crippen LogP contribution in [-0.4, -0.2) is 12.6 Å². The molecule has 0 spiro atoms. The van der Waals surface area contributed by atoms with Crippen LogP contribution in [-0.2, 0) is 28.4 Å². The number of fused-ring (bicyclic) bond motifs is 3. The molecular formula is C17H12F2O2. The van der Waals surface area contributed by atoms with Gasteiger partial charge in [-0.05, 0) is 34.4 Å². The Labute approximate surface area is 120 Å². The summed E-state index contributed by atoms with van der Waals surface area (Å²) < 4.78 is 29.2. The molecule has 0 fully saturated rings. The second-order valence-corrected chi connectivity index (χ2v) is 5.08. The Morgan fingerprint density at radius 1 is 0.810 bits per heavy atom. The Balaban J connectivity index is 2.16. The number of hydrogen-bond donors (Lipinski definition) is 0. The van der Waals surface area contributed by atoms with E-state index in [4.69, 9.17) is 0 Å². The first kappa shape index (κ1) is 13.6. The molecule has 0 N–H and O–H groups in total. The number of aldehydes is 2. The SMILES string of the molecule is O=CCc1ccc2c(c1)C(F)(F)c1cc(CC=O)ccc1-2. The number of carbonyl (C=O) groups is 2. The molecule has 0 aromatic heterocycles. The highest BCUT2D eigenvalue weighted by Gasteiger charge is 2.44. The van der Waals surface area contributed by atoms with Gasteiger partial charge in [-0.1, -0.05) is 24.3 Å². The smallest absolute Gasteiger partial charge is 0.299 e. The van der Waals surface area contributed by atoms with Crippen molar-refractivity contribution in [2.45, 2.75) is 18.8 Å². The average Bonchev–Trinajstić information content (AvgIpc) is 2.68. The van der Waals surface area contributed by atoms with E-state index in [1.165, 1.54) is 12.1 Å². The Kier molecular flexibility index (Phi) is 3.16. The number of alkyl halides is 2. The molecule has 0 aliphatic heterocycles. The standard InChI is InChI=1S/C17H12F2O2/c18-17(19)15-9-11(5-7-20)1-3-13(15)14-4-2-12(6-8-21)10-16(14)17/h1-4,7-10H,5-6H2. The van der Waals surface area contributed by atoms with Crippen molar-refractivity contribution < 1.29 is 18.4 Å². The third-order valence-corrected chi connectivity index (χ3v) is 3.77. The molecule has 0 heterocycles. The van der Waals surface area contributed by atoms with Crippen LogP contribution >= 0.6 is 0 Å². The van der Waals surface area contributed by atoms with E-state index in [0.29, 0.717) is 34.8 Å². The zero-order valence-electron chi connectivity index (χ0n) is 11.1. The predicted molar refractivity (Wildman–Crippen MR) is 74.4 cm³/mol. The van der Waals surface area contributed by atoms with Crippen molar-refractivity contribution in [3.63, 3.8) is 0 Å². The van der Waals surface area contributed by atoms with Gasteiger partial charge in [-0.3, -0.25) is 0 Å². The molecule has 1 aliphatic rings. The molecule has 1 aliphatic carbocycles. The van der Waals surface area contributed by atoms with Crippen molar-refractivity contribution in [2.75, 3.05) is 0 Å². The topological polar surface area (TPSA) is 34.1 Å². The van der Waals surface area contributed by atoms with Crippen LogP contribution in [0, 0.1) is 0 Å². The van der Waals surface area contributed by atoms with Crippen LogP contribution in [0.1, 0.15) is 22.3 Å². The van der Waals surface area contributed by atoms with Crippen molar-refractivity contribution in [1.29, 1.82) is 0 Å². The van der Waals surface area contributed by atoms with Crippen molar-refractivity contribution in [3.8, 4) is 11.1 Å². The highest BCUT2D eigenvalue weighted by atomic mass is 19.3. The summed E-state index contributed by atoms with van der Waals surface area (Å²) in [7, 11) is 0. The molecule has 2 nitrogen and oxygen atoms in total. The molecule has 0 atom stereocenters. The average molecular weight is 286 g/mol. The Hall–Kier alpha value is -2.36. The molecule has 0 amide bonds. The summed E-state index contributed by atoms with van der Waals surface area (Å²) in [6, 6.07) is 9.43. The highest BCUT2D eigenvalue weighted by molar-refractivity contribution is 5.80. The molecule has 4 heteroatoms. The molecule has 3 rings (SSSR count). The van der Waals surface area contributed by atoms with Gasteiger partial charge in [-0.15, -0.1) is 0 Å². The van der Waals surface area contributed by atoms with Crippen LogP contribution in [0.5, 0.6) is 0 Å². The maximum atomic E-state index is 14.6. The minimum absolute atomic E-state index is 0.0693. The minimum atomic E-state index is -3.09. The molecule has 2 aromatic rings. The van der Waals surface area contributed by atoms with Crippen LogP contribution in [0.4, 0.5) is 8.78 Å². The monoisotopic (exact) mass is 286 g/mol. The van der Waals surface area contributed by atoms with Gasteiger partial charge in [-0.25, -0.2) is 0 Å². The second-order valence-electron chi connectivity index (χ2n) is 5.08. The van der Waals surface area contributed by atoms with E-state index in [9.17, 15) is 18.4 Å². The van der Waals surface area contributed by atoms with Crippen LogP contribution in [0.3, 0.4) is 0 Å². The summed E-state index contributed by atoms with van der Waals surface area (Å²) in [6.45, 7) is 0. The third-order valence-electron chi connectivity index (χ3n) is 3.77. The lowest BCUT2D eigenvalue weighted by Crippen LogP contribution is -2.11. The largest absolute Gasteiger partial charge is 0.303 e. The van der Waals surface area contributed by atoms with Gasteiger partial charge in [0.2, 0.25) is 0 Å². The maximum Gasteiger partial charge on any atom is 0.299 e. The summed E-state index contributed by atoms with van der Waals surface area (Å²) in [5, 5.41) is 0. The molecule has 0 unspecified atom stereocenters. The van der Waals surface area contributed by atoms with Crippen molar-refractivity contribution in [3.05, 3.63) is 58.7 Å². The number of carbonyl (C=O) groups excluding carboxylic acids is 2. The summed E-state index contributed by atoms with van der Waals surface area (Å²) >= 11 is 0. The second kappa shape index (κ2) is 4.88. The van der Waals surface area contributed by atoms with E-state index in [-0.39, 0.29) is 24.0 Å². The zero-order chi connectivity index (χ0) is 15.0. The molecule has 106 valence electrons. The molecule has 21 heavy (non-hydrogen) atoms. The Morgan fingerprint density at radius 3 is 1.62 bits per heavy atom. The van der Waals surface area contributed by atoms with Gasteiger partial charge in [0.05, 0.1) is 0 Å². The van der Waals surface area contributed by atoms with E-state index >= 15 is 0 Å². The minimum Gasteiger partial charge on any atom is -0.303 e. The Bertz CT molecular complexity index is 674. The molecule has 0 saturated heterocycles. The van der Waals surface area contributed by atoms with E-state index in [0.717, 1.165) is 0 Å². The summed E-state index contributed by atoms with van der Waals surface area (Å²) in [5.41, 5.74) is 1.98. The van der Waals surface area contributed by atoms with Gasteiger partial charge in [0.25, 0.3) is 5.92 Å². The van der Waals surface area contributed by atoms with Gasteiger partial charge < -0.3 is 9.59 Å². The summed E-state index contributed by atoms with van der Waals surface area (Å²) in [5.74, 6) is -3.09. The highest BCUT2D eigenvalue weighted by Crippen LogP contribution is 2.51. The van der Waals surface area contributed by atoms with Gasteiger partial charge in [0.15, 0.2) is 0 Å². The van der Waals surface area contributed by atoms with Crippen molar-refractivity contribution in [1.82, 2.24) is 0 Å². The quantitative estimate of drug-likeness (QED) is 0.808. The number of rotatable bonds is 4. The summed E-state index contributed by atoms with van der Waals surface area (Å²) in [4.78, 5) is 21.1. The lowest BCUT2D eigenvalue weighted by Gasteiger charge is -2.13. The number of benzene rings is 2. The lowest BCUT2D eigenvalue weighted by atomic mass is 10.0. The molecule has 0 bridgehead atoms. The van der Waals surface area contributed by atoms with E-state index in [1.54, 1.807) is 24.3 Å². The van der Waals surface area contributed by atoms with E-state index in [2.05, 4.69) is 0 Å². The zero-order valence-corrected chi connectivity index (χ0v) is 11.1. The van der Waals surface area contributed by atoms with Gasteiger partial charge in [0.1, 0.15) is 12.6 Å². The fraction of sp³-hybridized carbons (Fsp3) is 0.176. The van der Waals surface area contributed by atoms with Crippen LogP contribution in [0.2, 0.25) is 0 Å². The van der Waals surface area contributed by atoms with Crippen LogP contribution < -0.4 is 0 Å². The van der Waals surface area contributed by atoms with Crippen LogP contribution in [0.15, 0.2) is 36.4 Å². The molecule has 0 saturated carbocycles. The first-order chi connectivity index (χ1) is 10.1. The van der Waals surface area contributed by atoms with E-state index < -0.39 is 5.92 Å². The van der Waals surface area contributed by atoms with Gasteiger partial charge >= 0.3 is 0 Å². The van der Waals surface area contributed by atoms with E-state index in [1.807, 2.05) is 0 Å². The molecule has 2 aromatic carbocycles. The third kappa shape index (κ3) is 2.07. The molecular weight excluding hydrogens is 274 g/mol. The van der Waals surface area contributed by atoms with Crippen LogP contribution in [0.25, 0.3) is 11.1 Å². The first-order valence-corrected chi connectivity index (χ1v) is 6.60. The predicted octanol–water partition coefficient (Wildman–Crippen LogP) is 3.29. The maximum absolute atomic E-state index is 14.6. The van der Waals surface area contributed by atoms with Gasteiger partial charge in [-0.2, -0.15) is 8.78 Å². The lowest BCUT2D eigenvalue weighted by molar-refractivity contribution is -0.108. The first-order valence-electron chi connectivity index (χ1n) is 6.60. The summed E-state index contributed by atoms with van der Waals surface area (Å²) in [6.07, 6.45) is 1.64. The normalized spacial score (nSPS) is 14.4. The Morgan fingerprint density at radius 2 is 1.24 bits per heavy atom. The van der Waals surface area contributed by atoms with Crippen molar-refractivity contribution in [2.24, 2.45) is 0 Å². The molecule has 0 radical (unpaired) electrons. The fourth-order valence-corrected chi connectivity index (χ4v) is 2.76. The number of hydrogen-bond acceptors (Lipinski definition) is 2. The van der Waals surface area contributed by atoms with Crippen molar-refractivity contribution >= 4 is 12.6 Å². The number of halogens is 2. The fourth-order valence-electron chi connectivity index (χ4n) is 2.76.